The lowest BCUT2D eigenvalue weighted by molar-refractivity contribution is -0.139. The number of ether oxygens (including phenoxy) is 2. The number of benzene rings is 2. The second-order valence-corrected chi connectivity index (χ2v) is 11.0. The van der Waals surface area contributed by atoms with Gasteiger partial charge in [-0.05, 0) is 55.7 Å². The van der Waals surface area contributed by atoms with Crippen LogP contribution in [0.2, 0.25) is 0 Å². The van der Waals surface area contributed by atoms with E-state index in [4.69, 9.17) is 9.47 Å². The molecule has 2 aromatic carbocycles. The lowest BCUT2D eigenvalue weighted by atomic mass is 9.78. The van der Waals surface area contributed by atoms with Crippen molar-refractivity contribution in [1.29, 1.82) is 0 Å². The molecule has 2 fully saturated rings. The minimum absolute atomic E-state index is 0.0165. The van der Waals surface area contributed by atoms with Crippen LogP contribution in [0.4, 0.5) is 4.39 Å². The van der Waals surface area contributed by atoms with E-state index in [0.29, 0.717) is 57.0 Å². The quantitative estimate of drug-likeness (QED) is 0.596. The van der Waals surface area contributed by atoms with E-state index in [1.54, 1.807) is 11.8 Å². The molecule has 1 atom stereocenters. The van der Waals surface area contributed by atoms with Crippen LogP contribution in [0.15, 0.2) is 53.4 Å². The van der Waals surface area contributed by atoms with Gasteiger partial charge in [0.05, 0.1) is 24.7 Å². The highest BCUT2D eigenvalue weighted by molar-refractivity contribution is 7.89. The number of carbonyl (C=O) groups excluding carboxylic acids is 1. The van der Waals surface area contributed by atoms with Gasteiger partial charge >= 0.3 is 0 Å². The van der Waals surface area contributed by atoms with Gasteiger partial charge in [0.15, 0.2) is 0 Å². The summed E-state index contributed by atoms with van der Waals surface area (Å²) in [4.78, 5) is 15.1. The van der Waals surface area contributed by atoms with Gasteiger partial charge in [-0.1, -0.05) is 18.2 Å². The van der Waals surface area contributed by atoms with Gasteiger partial charge in [-0.2, -0.15) is 4.31 Å². The van der Waals surface area contributed by atoms with E-state index in [2.05, 4.69) is 0 Å². The minimum Gasteiger partial charge on any atom is -0.493 e. The molecular weight excluding hydrogens is 459 g/mol. The van der Waals surface area contributed by atoms with Crippen LogP contribution >= 0.6 is 0 Å². The third-order valence-corrected chi connectivity index (χ3v) is 8.56. The molecule has 1 amide bonds. The molecule has 2 aliphatic rings. The molecule has 4 rings (SSSR count). The number of halogens is 1. The first kappa shape index (κ1) is 24.6. The zero-order valence-electron chi connectivity index (χ0n) is 19.4. The van der Waals surface area contributed by atoms with Crippen LogP contribution in [-0.2, 0) is 19.6 Å². The maximum Gasteiger partial charge on any atom is 0.243 e. The minimum atomic E-state index is -3.86. The molecule has 0 spiro atoms. The lowest BCUT2D eigenvalue weighted by Gasteiger charge is -2.42. The molecule has 184 valence electrons. The van der Waals surface area contributed by atoms with Crippen molar-refractivity contribution in [2.45, 2.75) is 31.1 Å². The summed E-state index contributed by atoms with van der Waals surface area (Å²) in [5, 5.41) is 0. The van der Waals surface area contributed by atoms with Crippen molar-refractivity contribution in [2.75, 3.05) is 46.0 Å². The van der Waals surface area contributed by atoms with Crippen LogP contribution in [0.1, 0.15) is 24.8 Å². The Morgan fingerprint density at radius 1 is 1.12 bits per heavy atom. The predicted octanol–water partition coefficient (Wildman–Crippen LogP) is 3.23. The summed E-state index contributed by atoms with van der Waals surface area (Å²) in [6.07, 6.45) is 1.46. The number of carbonyl (C=O) groups is 1. The van der Waals surface area contributed by atoms with Crippen LogP contribution < -0.4 is 4.74 Å². The Balaban J connectivity index is 1.59. The Bertz CT molecular complexity index is 1110. The number of para-hydroxylation sites is 1. The average molecular weight is 491 g/mol. The Morgan fingerprint density at radius 3 is 2.56 bits per heavy atom. The standard InChI is InChI=1S/C25H31FN2O5S/c1-20-16-21(26)8-9-23(20)34(30,31)28-11-5-10-25(18-28,19-33-22-6-3-2-4-7-22)17-24(29)27-12-14-32-15-13-27/h2-4,6-9,16H,5,10-15,17-19H2,1H3/t25-/m0/s1. The summed E-state index contributed by atoms with van der Waals surface area (Å²) >= 11 is 0. The number of rotatable bonds is 7. The summed E-state index contributed by atoms with van der Waals surface area (Å²) < 4.78 is 53.5. The second kappa shape index (κ2) is 10.4. The Morgan fingerprint density at radius 2 is 1.85 bits per heavy atom. The van der Waals surface area contributed by atoms with Gasteiger partial charge in [0.25, 0.3) is 0 Å². The summed E-state index contributed by atoms with van der Waals surface area (Å²) in [5.74, 6) is 0.184. The van der Waals surface area contributed by atoms with Crippen molar-refractivity contribution < 1.29 is 27.1 Å². The van der Waals surface area contributed by atoms with Gasteiger partial charge in [-0.25, -0.2) is 12.8 Å². The largest absolute Gasteiger partial charge is 0.493 e. The molecule has 0 aromatic heterocycles. The molecule has 0 unspecified atom stereocenters. The van der Waals surface area contributed by atoms with Crippen LogP contribution in [0.5, 0.6) is 5.75 Å². The van der Waals surface area contributed by atoms with Gasteiger partial charge in [0.2, 0.25) is 15.9 Å². The number of aryl methyl sites for hydroxylation is 1. The first-order valence-electron chi connectivity index (χ1n) is 11.6. The highest BCUT2D eigenvalue weighted by atomic mass is 32.2. The van der Waals surface area contributed by atoms with Gasteiger partial charge in [0, 0.05) is 38.0 Å². The zero-order chi connectivity index (χ0) is 24.2. The second-order valence-electron chi connectivity index (χ2n) is 9.12. The third-order valence-electron chi connectivity index (χ3n) is 6.56. The van der Waals surface area contributed by atoms with Crippen molar-refractivity contribution in [3.63, 3.8) is 0 Å². The molecule has 9 heteroatoms. The fourth-order valence-electron chi connectivity index (χ4n) is 4.72. The van der Waals surface area contributed by atoms with Crippen LogP contribution in [-0.4, -0.2) is 69.5 Å². The third kappa shape index (κ3) is 5.59. The van der Waals surface area contributed by atoms with Crippen molar-refractivity contribution in [3.05, 3.63) is 59.9 Å². The van der Waals surface area contributed by atoms with Gasteiger partial charge in [-0.3, -0.25) is 4.79 Å². The molecule has 34 heavy (non-hydrogen) atoms. The first-order valence-corrected chi connectivity index (χ1v) is 13.0. The van der Waals surface area contributed by atoms with E-state index in [9.17, 15) is 17.6 Å². The van der Waals surface area contributed by atoms with Gasteiger partial charge < -0.3 is 14.4 Å². The fraction of sp³-hybridized carbons (Fsp3) is 0.480. The Hall–Kier alpha value is -2.49. The van der Waals surface area contributed by atoms with Crippen LogP contribution in [0, 0.1) is 18.2 Å². The number of nitrogens with zero attached hydrogens (tertiary/aromatic N) is 2. The highest BCUT2D eigenvalue weighted by Gasteiger charge is 2.43. The zero-order valence-corrected chi connectivity index (χ0v) is 20.2. The molecule has 2 saturated heterocycles. The number of morpholine rings is 1. The fourth-order valence-corrected chi connectivity index (χ4v) is 6.52. The van der Waals surface area contributed by atoms with E-state index in [1.807, 2.05) is 30.3 Å². The number of sulfonamides is 1. The number of hydrogen-bond acceptors (Lipinski definition) is 5. The van der Waals surface area contributed by atoms with Gasteiger partial charge in [-0.15, -0.1) is 0 Å². The maximum absolute atomic E-state index is 13.6. The van der Waals surface area contributed by atoms with Crippen molar-refractivity contribution in [2.24, 2.45) is 5.41 Å². The number of piperidine rings is 1. The van der Waals surface area contributed by atoms with Gasteiger partial charge in [0.1, 0.15) is 11.6 Å². The predicted molar refractivity (Wildman–Crippen MR) is 126 cm³/mol. The summed E-state index contributed by atoms with van der Waals surface area (Å²) in [7, 11) is -3.86. The molecule has 0 radical (unpaired) electrons. The smallest absolute Gasteiger partial charge is 0.243 e. The van der Waals surface area contributed by atoms with E-state index in [-0.39, 0.29) is 30.4 Å². The maximum atomic E-state index is 13.6. The normalized spacial score (nSPS) is 21.9. The molecule has 2 aliphatic heterocycles. The molecule has 2 aromatic rings. The van der Waals surface area contributed by atoms with E-state index >= 15 is 0 Å². The summed E-state index contributed by atoms with van der Waals surface area (Å²) in [6.45, 7) is 4.39. The molecule has 0 aliphatic carbocycles. The molecule has 0 N–H and O–H groups in total. The summed E-state index contributed by atoms with van der Waals surface area (Å²) in [5.41, 5.74) is -0.314. The molecule has 0 saturated carbocycles. The number of hydrogen-bond donors (Lipinski definition) is 0. The lowest BCUT2D eigenvalue weighted by Crippen LogP contribution is -2.52. The topological polar surface area (TPSA) is 76.2 Å². The Kier molecular flexibility index (Phi) is 7.54. The molecule has 0 bridgehead atoms. The monoisotopic (exact) mass is 490 g/mol. The van der Waals surface area contributed by atoms with E-state index < -0.39 is 21.3 Å². The van der Waals surface area contributed by atoms with Crippen LogP contribution in [0.3, 0.4) is 0 Å². The van der Waals surface area contributed by atoms with E-state index in [1.165, 1.54) is 16.4 Å². The first-order chi connectivity index (χ1) is 16.3. The molecule has 7 nitrogen and oxygen atoms in total. The van der Waals surface area contributed by atoms with Crippen LogP contribution in [0.25, 0.3) is 0 Å². The van der Waals surface area contributed by atoms with Crippen molar-refractivity contribution >= 4 is 15.9 Å². The molecule has 2 heterocycles. The molecular formula is C25H31FN2O5S. The summed E-state index contributed by atoms with van der Waals surface area (Å²) in [6, 6.07) is 13.0. The van der Waals surface area contributed by atoms with E-state index in [0.717, 1.165) is 6.07 Å². The van der Waals surface area contributed by atoms with Crippen molar-refractivity contribution in [3.8, 4) is 5.75 Å². The number of amides is 1. The Labute approximate surface area is 200 Å². The SMILES string of the molecule is Cc1cc(F)ccc1S(=O)(=O)N1CCC[C@](COc2ccccc2)(CC(=O)N2CCOCC2)C1. The average Bonchev–Trinajstić information content (AvgIpc) is 2.84. The highest BCUT2D eigenvalue weighted by Crippen LogP contribution is 2.38. The van der Waals surface area contributed by atoms with Crippen molar-refractivity contribution in [1.82, 2.24) is 9.21 Å².